The van der Waals surface area contributed by atoms with Crippen LogP contribution in [-0.2, 0) is 11.3 Å². The number of aliphatic hydroxyl groups excluding tert-OH is 1. The maximum absolute atomic E-state index is 13.8. The molecule has 0 spiro atoms. The van der Waals surface area contributed by atoms with Crippen LogP contribution in [0.15, 0.2) is 18.2 Å². The molecule has 18 heavy (non-hydrogen) atoms. The van der Waals surface area contributed by atoms with E-state index in [0.717, 1.165) is 12.1 Å². The number of ether oxygens (including phenoxy) is 1. The van der Waals surface area contributed by atoms with Crippen LogP contribution < -0.4 is 10.2 Å². The van der Waals surface area contributed by atoms with Crippen molar-refractivity contribution in [3.8, 4) is 0 Å². The molecule has 4 nitrogen and oxygen atoms in total. The summed E-state index contributed by atoms with van der Waals surface area (Å²) in [5.74, 6) is -0.267. The zero-order valence-electron chi connectivity index (χ0n) is 10.9. The molecule has 1 aromatic carbocycles. The van der Waals surface area contributed by atoms with Crippen LogP contribution in [0.25, 0.3) is 0 Å². The van der Waals surface area contributed by atoms with Gasteiger partial charge in [0.25, 0.3) is 0 Å². The Labute approximate surface area is 107 Å². The van der Waals surface area contributed by atoms with Gasteiger partial charge in [-0.3, -0.25) is 0 Å². The fourth-order valence-corrected chi connectivity index (χ4v) is 1.65. The Morgan fingerprint density at radius 2 is 2.22 bits per heavy atom. The molecule has 5 heteroatoms. The van der Waals surface area contributed by atoms with Gasteiger partial charge in [-0.25, -0.2) is 4.39 Å². The van der Waals surface area contributed by atoms with E-state index in [2.05, 4.69) is 5.32 Å². The fraction of sp³-hybridized carbons (Fsp3) is 0.538. The van der Waals surface area contributed by atoms with Gasteiger partial charge in [-0.15, -0.1) is 0 Å². The van der Waals surface area contributed by atoms with E-state index in [-0.39, 0.29) is 12.4 Å². The minimum atomic E-state index is -0.267. The first-order valence-corrected chi connectivity index (χ1v) is 5.99. The van der Waals surface area contributed by atoms with Gasteiger partial charge in [0.05, 0.1) is 18.9 Å². The Bertz CT molecular complexity index is 361. The second-order valence-corrected chi connectivity index (χ2v) is 4.10. The summed E-state index contributed by atoms with van der Waals surface area (Å²) in [6.07, 6.45) is 0. The molecule has 102 valence electrons. The molecule has 0 bridgehead atoms. The van der Waals surface area contributed by atoms with E-state index in [1.54, 1.807) is 25.1 Å². The molecular weight excluding hydrogens is 235 g/mol. The second-order valence-electron chi connectivity index (χ2n) is 4.10. The lowest BCUT2D eigenvalue weighted by molar-refractivity contribution is 0.199. The quantitative estimate of drug-likeness (QED) is 0.681. The van der Waals surface area contributed by atoms with E-state index < -0.39 is 0 Å². The Hall–Kier alpha value is -1.17. The Morgan fingerprint density at radius 1 is 1.44 bits per heavy atom. The first-order chi connectivity index (χ1) is 8.69. The van der Waals surface area contributed by atoms with E-state index in [1.807, 2.05) is 6.07 Å². The number of methoxy groups -OCH3 is 1. The Balaban J connectivity index is 2.56. The zero-order valence-corrected chi connectivity index (χ0v) is 10.9. The molecule has 2 N–H and O–H groups in total. The number of hydrogen-bond donors (Lipinski definition) is 2. The lowest BCUT2D eigenvalue weighted by Crippen LogP contribution is -2.22. The summed E-state index contributed by atoms with van der Waals surface area (Å²) >= 11 is 0. The summed E-state index contributed by atoms with van der Waals surface area (Å²) in [6, 6.07) is 5.13. The largest absolute Gasteiger partial charge is 0.395 e. The topological polar surface area (TPSA) is 44.7 Å². The number of benzene rings is 1. The second kappa shape index (κ2) is 8.02. The van der Waals surface area contributed by atoms with Crippen molar-refractivity contribution in [2.75, 3.05) is 45.4 Å². The van der Waals surface area contributed by atoms with Gasteiger partial charge in [-0.05, 0) is 17.7 Å². The molecule has 0 saturated carbocycles. The molecule has 1 rings (SSSR count). The molecule has 0 heterocycles. The normalized spacial score (nSPS) is 10.7. The molecule has 0 unspecified atom stereocenters. The highest BCUT2D eigenvalue weighted by atomic mass is 19.1. The fourth-order valence-electron chi connectivity index (χ4n) is 1.65. The standard InChI is InChI=1S/C13H21FN2O2/c1-16(6-7-17)13-4-3-11(9-12(13)14)10-15-5-8-18-2/h3-4,9,15,17H,5-8,10H2,1-2H3. The summed E-state index contributed by atoms with van der Waals surface area (Å²) in [7, 11) is 3.40. The van der Waals surface area contributed by atoms with Crippen molar-refractivity contribution in [3.63, 3.8) is 0 Å². The number of anilines is 1. The smallest absolute Gasteiger partial charge is 0.146 e. The average Bonchev–Trinajstić information content (AvgIpc) is 2.35. The number of likely N-dealkylation sites (N-methyl/N-ethyl adjacent to an activating group) is 1. The Morgan fingerprint density at radius 3 is 2.83 bits per heavy atom. The molecule has 0 aliphatic rings. The van der Waals surface area contributed by atoms with E-state index in [4.69, 9.17) is 9.84 Å². The van der Waals surface area contributed by atoms with E-state index in [9.17, 15) is 4.39 Å². The maximum Gasteiger partial charge on any atom is 0.146 e. The molecule has 0 aliphatic carbocycles. The highest BCUT2D eigenvalue weighted by Gasteiger charge is 2.07. The van der Waals surface area contributed by atoms with Gasteiger partial charge in [0, 0.05) is 33.8 Å². The molecule has 0 atom stereocenters. The van der Waals surface area contributed by atoms with E-state index >= 15 is 0 Å². The first kappa shape index (κ1) is 14.9. The minimum Gasteiger partial charge on any atom is -0.395 e. The van der Waals surface area contributed by atoms with Crippen LogP contribution >= 0.6 is 0 Å². The minimum absolute atomic E-state index is 0.0102. The third-order valence-corrected chi connectivity index (χ3v) is 2.67. The van der Waals surface area contributed by atoms with Crippen molar-refractivity contribution in [3.05, 3.63) is 29.6 Å². The van der Waals surface area contributed by atoms with Crippen LogP contribution in [0.5, 0.6) is 0 Å². The highest BCUT2D eigenvalue weighted by Crippen LogP contribution is 2.19. The highest BCUT2D eigenvalue weighted by molar-refractivity contribution is 5.48. The van der Waals surface area contributed by atoms with Crippen LogP contribution in [0.2, 0.25) is 0 Å². The maximum atomic E-state index is 13.8. The molecule has 1 aromatic rings. The average molecular weight is 256 g/mol. The van der Waals surface area contributed by atoms with Crippen LogP contribution in [0.1, 0.15) is 5.56 Å². The van der Waals surface area contributed by atoms with Crippen LogP contribution in [0.3, 0.4) is 0 Å². The van der Waals surface area contributed by atoms with Crippen molar-refractivity contribution in [2.24, 2.45) is 0 Å². The van der Waals surface area contributed by atoms with Gasteiger partial charge in [-0.2, -0.15) is 0 Å². The third kappa shape index (κ3) is 4.60. The molecule has 0 aromatic heterocycles. The lowest BCUT2D eigenvalue weighted by Gasteiger charge is -2.19. The van der Waals surface area contributed by atoms with Crippen molar-refractivity contribution >= 4 is 5.69 Å². The third-order valence-electron chi connectivity index (χ3n) is 2.67. The van der Waals surface area contributed by atoms with Crippen LogP contribution in [0.4, 0.5) is 10.1 Å². The van der Waals surface area contributed by atoms with Gasteiger partial charge >= 0.3 is 0 Å². The lowest BCUT2D eigenvalue weighted by atomic mass is 10.2. The number of rotatable bonds is 8. The van der Waals surface area contributed by atoms with E-state index in [0.29, 0.717) is 25.4 Å². The molecule has 0 saturated heterocycles. The van der Waals surface area contributed by atoms with Gasteiger partial charge in [-0.1, -0.05) is 6.07 Å². The number of aliphatic hydroxyl groups is 1. The summed E-state index contributed by atoms with van der Waals surface area (Å²) in [5.41, 5.74) is 1.40. The first-order valence-electron chi connectivity index (χ1n) is 5.99. The molecule has 0 radical (unpaired) electrons. The monoisotopic (exact) mass is 256 g/mol. The van der Waals surface area contributed by atoms with Crippen LogP contribution in [0, 0.1) is 5.82 Å². The summed E-state index contributed by atoms with van der Waals surface area (Å²) in [6.45, 7) is 2.42. The zero-order chi connectivity index (χ0) is 13.4. The molecular formula is C13H21FN2O2. The predicted octanol–water partition coefficient (Wildman–Crippen LogP) is 0.990. The van der Waals surface area contributed by atoms with E-state index in [1.165, 1.54) is 6.07 Å². The van der Waals surface area contributed by atoms with Gasteiger partial charge in [0.2, 0.25) is 0 Å². The number of halogens is 1. The van der Waals surface area contributed by atoms with Crippen molar-refractivity contribution in [1.82, 2.24) is 5.32 Å². The van der Waals surface area contributed by atoms with Crippen LogP contribution in [-0.4, -0.2) is 45.6 Å². The van der Waals surface area contributed by atoms with Gasteiger partial charge < -0.3 is 20.1 Å². The summed E-state index contributed by atoms with van der Waals surface area (Å²) < 4.78 is 18.7. The summed E-state index contributed by atoms with van der Waals surface area (Å²) in [4.78, 5) is 1.69. The molecule has 0 fully saturated rings. The van der Waals surface area contributed by atoms with Crippen molar-refractivity contribution in [2.45, 2.75) is 6.54 Å². The number of hydrogen-bond acceptors (Lipinski definition) is 4. The SMILES string of the molecule is COCCNCc1ccc(N(C)CCO)c(F)c1. The number of nitrogens with zero attached hydrogens (tertiary/aromatic N) is 1. The number of nitrogens with one attached hydrogen (secondary N) is 1. The molecule has 0 amide bonds. The van der Waals surface area contributed by atoms with Crippen molar-refractivity contribution < 1.29 is 14.2 Å². The van der Waals surface area contributed by atoms with Crippen molar-refractivity contribution in [1.29, 1.82) is 0 Å². The summed E-state index contributed by atoms with van der Waals surface area (Å²) in [5, 5.41) is 12.0. The van der Waals surface area contributed by atoms with Gasteiger partial charge in [0.1, 0.15) is 5.82 Å². The Kier molecular flexibility index (Phi) is 6.64. The van der Waals surface area contributed by atoms with Gasteiger partial charge in [0.15, 0.2) is 0 Å². The molecule has 0 aliphatic heterocycles. The predicted molar refractivity (Wildman–Crippen MR) is 70.3 cm³/mol.